The lowest BCUT2D eigenvalue weighted by Gasteiger charge is -2.22. The minimum atomic E-state index is 0.529. The van der Waals surface area contributed by atoms with Crippen LogP contribution in [0.2, 0.25) is 0 Å². The number of ether oxygens (including phenoxy) is 1. The number of nitrogens with one attached hydrogen (secondary N) is 1. The predicted molar refractivity (Wildman–Crippen MR) is 75.7 cm³/mol. The zero-order chi connectivity index (χ0) is 12.3. The molecule has 1 aliphatic carbocycles. The monoisotopic (exact) mass is 297 g/mol. The summed E-state index contributed by atoms with van der Waals surface area (Å²) < 4.78 is 6.36. The highest BCUT2D eigenvalue weighted by atomic mass is 79.9. The molecule has 2 rings (SSSR count). The van der Waals surface area contributed by atoms with Crippen molar-refractivity contribution in [3.8, 4) is 5.75 Å². The number of hydrogen-bond acceptors (Lipinski definition) is 2. The van der Waals surface area contributed by atoms with Gasteiger partial charge >= 0.3 is 0 Å². The minimum absolute atomic E-state index is 0.529. The van der Waals surface area contributed by atoms with Crippen LogP contribution < -0.4 is 10.1 Å². The molecule has 0 aliphatic heterocycles. The van der Waals surface area contributed by atoms with Gasteiger partial charge in [0.15, 0.2) is 0 Å². The van der Waals surface area contributed by atoms with Crippen molar-refractivity contribution in [2.45, 2.75) is 38.6 Å². The van der Waals surface area contributed by atoms with Crippen LogP contribution in [0.3, 0.4) is 0 Å². The fourth-order valence-corrected chi connectivity index (χ4v) is 2.92. The van der Waals surface area contributed by atoms with Crippen molar-refractivity contribution in [3.63, 3.8) is 0 Å². The number of hydrogen-bond donors (Lipinski definition) is 1. The van der Waals surface area contributed by atoms with Gasteiger partial charge < -0.3 is 10.1 Å². The Morgan fingerprint density at radius 2 is 2.06 bits per heavy atom. The lowest BCUT2D eigenvalue weighted by molar-refractivity contribution is 0.414. The van der Waals surface area contributed by atoms with E-state index in [-0.39, 0.29) is 0 Å². The molecule has 1 fully saturated rings. The van der Waals surface area contributed by atoms with Crippen molar-refractivity contribution in [1.82, 2.24) is 0 Å². The molecule has 0 radical (unpaired) electrons. The lowest BCUT2D eigenvalue weighted by Crippen LogP contribution is -2.23. The van der Waals surface area contributed by atoms with Crippen LogP contribution in [0, 0.1) is 5.92 Å². The van der Waals surface area contributed by atoms with Crippen molar-refractivity contribution < 1.29 is 4.74 Å². The predicted octanol–water partition coefficient (Wildman–Crippen LogP) is 4.45. The highest BCUT2D eigenvalue weighted by Gasteiger charge is 2.21. The summed E-state index contributed by atoms with van der Waals surface area (Å²) in [4.78, 5) is 0. The first-order chi connectivity index (χ1) is 8.20. The largest absolute Gasteiger partial charge is 0.497 e. The van der Waals surface area contributed by atoms with Gasteiger partial charge in [-0.2, -0.15) is 0 Å². The third-order valence-corrected chi connectivity index (χ3v) is 4.36. The summed E-state index contributed by atoms with van der Waals surface area (Å²) >= 11 is 3.58. The van der Waals surface area contributed by atoms with Crippen LogP contribution in [0.5, 0.6) is 5.75 Å². The van der Waals surface area contributed by atoms with Crippen LogP contribution in [0.1, 0.15) is 32.6 Å². The molecule has 1 aromatic rings. The van der Waals surface area contributed by atoms with Gasteiger partial charge in [-0.1, -0.05) is 12.8 Å². The van der Waals surface area contributed by atoms with Crippen molar-refractivity contribution in [2.24, 2.45) is 5.92 Å². The van der Waals surface area contributed by atoms with E-state index in [1.807, 2.05) is 12.1 Å². The van der Waals surface area contributed by atoms with E-state index in [9.17, 15) is 0 Å². The Labute approximate surface area is 112 Å². The summed E-state index contributed by atoms with van der Waals surface area (Å²) in [7, 11) is 1.70. The van der Waals surface area contributed by atoms with Crippen LogP contribution in [0.15, 0.2) is 22.7 Å². The second-order valence-corrected chi connectivity index (χ2v) is 5.68. The first-order valence-electron chi connectivity index (χ1n) is 6.31. The van der Waals surface area contributed by atoms with Crippen molar-refractivity contribution in [2.75, 3.05) is 12.4 Å². The SMILES string of the molecule is COc1ccc(Br)c(NC(C)C2CCCC2)c1. The number of methoxy groups -OCH3 is 1. The molecule has 1 N–H and O–H groups in total. The number of rotatable bonds is 4. The second-order valence-electron chi connectivity index (χ2n) is 4.82. The molecule has 0 spiro atoms. The Kier molecular flexibility index (Phi) is 4.32. The maximum Gasteiger partial charge on any atom is 0.121 e. The molecule has 0 saturated heterocycles. The fourth-order valence-electron chi connectivity index (χ4n) is 2.56. The van der Waals surface area contributed by atoms with Crippen molar-refractivity contribution >= 4 is 21.6 Å². The molecule has 1 aromatic carbocycles. The first-order valence-corrected chi connectivity index (χ1v) is 7.10. The molecular weight excluding hydrogens is 278 g/mol. The summed E-state index contributed by atoms with van der Waals surface area (Å²) in [5, 5.41) is 3.60. The smallest absolute Gasteiger partial charge is 0.121 e. The van der Waals surface area contributed by atoms with Gasteiger partial charge in [0.1, 0.15) is 5.75 Å². The summed E-state index contributed by atoms with van der Waals surface area (Å²) in [5.41, 5.74) is 1.13. The molecule has 3 heteroatoms. The van der Waals surface area contributed by atoms with Crippen LogP contribution in [-0.2, 0) is 0 Å². The third kappa shape index (κ3) is 3.15. The Morgan fingerprint density at radius 3 is 2.71 bits per heavy atom. The Bertz CT molecular complexity index is 374. The van der Waals surface area contributed by atoms with Crippen LogP contribution in [0.4, 0.5) is 5.69 Å². The summed E-state index contributed by atoms with van der Waals surface area (Å²) in [6, 6.07) is 6.58. The fraction of sp³-hybridized carbons (Fsp3) is 0.571. The second kappa shape index (κ2) is 5.76. The van der Waals surface area contributed by atoms with Gasteiger partial charge in [-0.05, 0) is 53.7 Å². The molecule has 1 atom stereocenters. The normalized spacial score (nSPS) is 18.1. The number of halogens is 1. The molecular formula is C14H20BrNO. The Hall–Kier alpha value is -0.700. The first kappa shape index (κ1) is 12.7. The number of anilines is 1. The third-order valence-electron chi connectivity index (χ3n) is 3.66. The van der Waals surface area contributed by atoms with Gasteiger partial charge in [0, 0.05) is 16.6 Å². The molecule has 2 nitrogen and oxygen atoms in total. The average molecular weight is 298 g/mol. The van der Waals surface area contributed by atoms with Gasteiger partial charge in [-0.25, -0.2) is 0 Å². The molecule has 0 aromatic heterocycles. The standard InChI is InChI=1S/C14H20BrNO/c1-10(11-5-3-4-6-11)16-14-9-12(17-2)7-8-13(14)15/h7-11,16H,3-6H2,1-2H3. The van der Waals surface area contributed by atoms with Gasteiger partial charge in [0.25, 0.3) is 0 Å². The van der Waals surface area contributed by atoms with E-state index in [1.54, 1.807) is 7.11 Å². The molecule has 0 bridgehead atoms. The van der Waals surface area contributed by atoms with E-state index in [1.165, 1.54) is 25.7 Å². The maximum atomic E-state index is 5.26. The van der Waals surface area contributed by atoms with E-state index in [0.29, 0.717) is 6.04 Å². The van der Waals surface area contributed by atoms with Gasteiger partial charge in [-0.3, -0.25) is 0 Å². The van der Waals surface area contributed by atoms with E-state index >= 15 is 0 Å². The van der Waals surface area contributed by atoms with Gasteiger partial charge in [0.05, 0.1) is 12.8 Å². The quantitative estimate of drug-likeness (QED) is 0.886. The number of benzene rings is 1. The molecule has 0 amide bonds. The van der Waals surface area contributed by atoms with Crippen molar-refractivity contribution in [3.05, 3.63) is 22.7 Å². The molecule has 17 heavy (non-hydrogen) atoms. The molecule has 94 valence electrons. The molecule has 1 unspecified atom stereocenters. The Balaban J connectivity index is 2.06. The maximum absolute atomic E-state index is 5.26. The van der Waals surface area contributed by atoms with E-state index in [2.05, 4.69) is 34.2 Å². The van der Waals surface area contributed by atoms with E-state index < -0.39 is 0 Å². The molecule has 1 aliphatic rings. The lowest BCUT2D eigenvalue weighted by atomic mass is 9.99. The average Bonchev–Trinajstić information content (AvgIpc) is 2.85. The van der Waals surface area contributed by atoms with E-state index in [4.69, 9.17) is 4.74 Å². The van der Waals surface area contributed by atoms with Crippen LogP contribution in [-0.4, -0.2) is 13.2 Å². The minimum Gasteiger partial charge on any atom is -0.497 e. The zero-order valence-electron chi connectivity index (χ0n) is 10.5. The van der Waals surface area contributed by atoms with Crippen LogP contribution >= 0.6 is 15.9 Å². The molecule has 1 saturated carbocycles. The highest BCUT2D eigenvalue weighted by molar-refractivity contribution is 9.10. The van der Waals surface area contributed by atoms with Crippen LogP contribution in [0.25, 0.3) is 0 Å². The summed E-state index contributed by atoms with van der Waals surface area (Å²) in [6.45, 7) is 2.28. The highest BCUT2D eigenvalue weighted by Crippen LogP contribution is 2.32. The zero-order valence-corrected chi connectivity index (χ0v) is 12.1. The van der Waals surface area contributed by atoms with Crippen molar-refractivity contribution in [1.29, 1.82) is 0 Å². The molecule has 0 heterocycles. The van der Waals surface area contributed by atoms with Gasteiger partial charge in [-0.15, -0.1) is 0 Å². The van der Waals surface area contributed by atoms with Gasteiger partial charge in [0.2, 0.25) is 0 Å². The van der Waals surface area contributed by atoms with E-state index in [0.717, 1.165) is 21.8 Å². The topological polar surface area (TPSA) is 21.3 Å². The summed E-state index contributed by atoms with van der Waals surface area (Å²) in [6.07, 6.45) is 5.48. The Morgan fingerprint density at radius 1 is 1.35 bits per heavy atom. The summed E-state index contributed by atoms with van der Waals surface area (Å²) in [5.74, 6) is 1.71.